The molecule has 0 bridgehead atoms. The predicted molar refractivity (Wildman–Crippen MR) is 108 cm³/mol. The van der Waals surface area contributed by atoms with Crippen LogP contribution >= 0.6 is 7.82 Å². The van der Waals surface area contributed by atoms with Crippen molar-refractivity contribution in [2.75, 3.05) is 47.0 Å². The van der Waals surface area contributed by atoms with Crippen LogP contribution in [0, 0.1) is 0 Å². The molecule has 0 aliphatic heterocycles. The van der Waals surface area contributed by atoms with Crippen molar-refractivity contribution in [2.24, 2.45) is 0 Å². The van der Waals surface area contributed by atoms with E-state index in [9.17, 15) is 9.36 Å². The second-order valence-corrected chi connectivity index (χ2v) is 9.14. The second kappa shape index (κ2) is 15.5. The minimum Gasteiger partial charge on any atom is -0.481 e. The number of rotatable bonds is 19. The van der Waals surface area contributed by atoms with Crippen molar-refractivity contribution in [3.05, 3.63) is 0 Å². The summed E-state index contributed by atoms with van der Waals surface area (Å²) >= 11 is 0. The number of hydrogen-bond donors (Lipinski definition) is 1. The zero-order valence-electron chi connectivity index (χ0n) is 17.8. The largest absolute Gasteiger partial charge is 0.481 e. The van der Waals surface area contributed by atoms with Crippen LogP contribution in [0.1, 0.15) is 71.6 Å². The van der Waals surface area contributed by atoms with Crippen LogP contribution in [0.4, 0.5) is 0 Å². The van der Waals surface area contributed by atoms with E-state index < -0.39 is 13.8 Å². The molecule has 0 aromatic rings. The van der Waals surface area contributed by atoms with E-state index in [0.29, 0.717) is 26.2 Å². The topological polar surface area (TPSA) is 82.1 Å². The Morgan fingerprint density at radius 2 is 1.30 bits per heavy atom. The third kappa shape index (κ3) is 16.2. The Kier molecular flexibility index (Phi) is 15.2. The molecule has 0 unspecified atom stereocenters. The SMILES string of the molecule is CCOP(=O)(OCC)OCC[N+](C)(C)CCCCCCCCCCC(=O)O. The zero-order chi connectivity index (χ0) is 20.6. The Morgan fingerprint density at radius 1 is 0.815 bits per heavy atom. The van der Waals surface area contributed by atoms with E-state index >= 15 is 0 Å². The van der Waals surface area contributed by atoms with E-state index in [1.54, 1.807) is 13.8 Å². The lowest BCUT2D eigenvalue weighted by molar-refractivity contribution is -0.890. The number of hydrogen-bond acceptors (Lipinski definition) is 5. The van der Waals surface area contributed by atoms with Crippen molar-refractivity contribution in [3.63, 3.8) is 0 Å². The van der Waals surface area contributed by atoms with Gasteiger partial charge in [-0.25, -0.2) is 4.57 Å². The molecule has 162 valence electrons. The fraction of sp³-hybridized carbons (Fsp3) is 0.947. The number of carbonyl (C=O) groups is 1. The number of unbranched alkanes of at least 4 members (excludes halogenated alkanes) is 7. The lowest BCUT2D eigenvalue weighted by Crippen LogP contribution is -2.43. The highest BCUT2D eigenvalue weighted by Crippen LogP contribution is 2.49. The number of nitrogens with zero attached hydrogens (tertiary/aromatic N) is 1. The number of likely N-dealkylation sites (N-methyl/N-ethyl adjacent to an activating group) is 1. The highest BCUT2D eigenvalue weighted by molar-refractivity contribution is 7.48. The van der Waals surface area contributed by atoms with Gasteiger partial charge in [-0.3, -0.25) is 18.4 Å². The third-order valence-corrected chi connectivity index (χ3v) is 6.07. The zero-order valence-corrected chi connectivity index (χ0v) is 18.7. The van der Waals surface area contributed by atoms with Gasteiger partial charge in [-0.15, -0.1) is 0 Å². The van der Waals surface area contributed by atoms with Gasteiger partial charge in [-0.1, -0.05) is 32.1 Å². The molecule has 0 rings (SSSR count). The molecular formula is C19H41NO6P+. The molecule has 0 aromatic heterocycles. The molecule has 0 spiro atoms. The Labute approximate surface area is 165 Å². The lowest BCUT2D eigenvalue weighted by Gasteiger charge is -2.30. The number of phosphoric acid groups is 1. The van der Waals surface area contributed by atoms with Gasteiger partial charge in [0.15, 0.2) is 0 Å². The van der Waals surface area contributed by atoms with E-state index in [4.69, 9.17) is 18.7 Å². The van der Waals surface area contributed by atoms with Crippen molar-refractivity contribution in [1.82, 2.24) is 0 Å². The molecule has 0 heterocycles. The number of aliphatic carboxylic acids is 1. The smallest absolute Gasteiger partial charge is 0.474 e. The van der Waals surface area contributed by atoms with Crippen LogP contribution in [0.2, 0.25) is 0 Å². The van der Waals surface area contributed by atoms with Crippen molar-refractivity contribution in [3.8, 4) is 0 Å². The van der Waals surface area contributed by atoms with Crippen LogP contribution in [0.3, 0.4) is 0 Å². The lowest BCUT2D eigenvalue weighted by atomic mass is 10.1. The summed E-state index contributed by atoms with van der Waals surface area (Å²) in [5.74, 6) is -0.695. The molecule has 1 N–H and O–H groups in total. The third-order valence-electron chi connectivity index (χ3n) is 4.42. The Bertz CT molecular complexity index is 420. The summed E-state index contributed by atoms with van der Waals surface area (Å²) in [6.07, 6.45) is 9.22. The second-order valence-electron chi connectivity index (χ2n) is 7.47. The molecule has 0 aromatic carbocycles. The Balaban J connectivity index is 3.73. The highest BCUT2D eigenvalue weighted by atomic mass is 31.2. The summed E-state index contributed by atoms with van der Waals surface area (Å²) in [6, 6.07) is 0. The van der Waals surface area contributed by atoms with Crippen molar-refractivity contribution in [2.45, 2.75) is 71.6 Å². The summed E-state index contributed by atoms with van der Waals surface area (Å²) in [4.78, 5) is 10.4. The molecule has 0 atom stereocenters. The average Bonchev–Trinajstić information content (AvgIpc) is 2.56. The van der Waals surface area contributed by atoms with Crippen molar-refractivity contribution in [1.29, 1.82) is 0 Å². The van der Waals surface area contributed by atoms with Gasteiger partial charge in [-0.05, 0) is 33.1 Å². The molecule has 7 nitrogen and oxygen atoms in total. The minimum absolute atomic E-state index is 0.293. The standard InChI is InChI=1S/C19H40NO6P/c1-5-24-27(23,25-6-2)26-18-17-20(3,4)16-14-12-10-8-7-9-11-13-15-19(21)22/h5-18H2,1-4H3/p+1. The van der Waals surface area contributed by atoms with E-state index in [-0.39, 0.29) is 0 Å². The predicted octanol–water partition coefficient (Wildman–Crippen LogP) is 4.86. The maximum absolute atomic E-state index is 12.3. The molecule has 0 aliphatic rings. The number of carboxylic acid groups (broad SMARTS) is 1. The first-order valence-electron chi connectivity index (χ1n) is 10.3. The first-order valence-corrected chi connectivity index (χ1v) is 11.8. The Hall–Kier alpha value is -0.460. The van der Waals surface area contributed by atoms with Crippen LogP contribution in [-0.4, -0.2) is 62.6 Å². The van der Waals surface area contributed by atoms with Crippen molar-refractivity contribution >= 4 is 13.8 Å². The average molecular weight is 411 g/mol. The molecule has 0 saturated carbocycles. The highest BCUT2D eigenvalue weighted by Gasteiger charge is 2.26. The Morgan fingerprint density at radius 3 is 1.78 bits per heavy atom. The monoisotopic (exact) mass is 410 g/mol. The molecule has 8 heteroatoms. The van der Waals surface area contributed by atoms with Gasteiger partial charge in [-0.2, -0.15) is 0 Å². The quantitative estimate of drug-likeness (QED) is 0.186. The van der Waals surface area contributed by atoms with Crippen LogP contribution in [0.5, 0.6) is 0 Å². The van der Waals surface area contributed by atoms with Crippen LogP contribution in [0.15, 0.2) is 0 Å². The molecule has 0 radical (unpaired) electrons. The molecule has 0 saturated heterocycles. The summed E-state index contributed by atoms with van der Waals surface area (Å²) in [6.45, 7) is 6.30. The van der Waals surface area contributed by atoms with Gasteiger partial charge in [0.1, 0.15) is 13.2 Å². The molecular weight excluding hydrogens is 369 g/mol. The fourth-order valence-electron chi connectivity index (χ4n) is 2.82. The summed E-state index contributed by atoms with van der Waals surface area (Å²) in [5, 5.41) is 8.59. The van der Waals surface area contributed by atoms with Gasteiger partial charge in [0.25, 0.3) is 0 Å². The minimum atomic E-state index is -3.41. The first kappa shape index (κ1) is 26.5. The van der Waals surface area contributed by atoms with Crippen LogP contribution < -0.4 is 0 Å². The maximum Gasteiger partial charge on any atom is 0.474 e. The fourth-order valence-corrected chi connectivity index (χ4v) is 3.98. The maximum atomic E-state index is 12.3. The normalized spacial score (nSPS) is 12.4. The first-order chi connectivity index (χ1) is 12.7. The van der Waals surface area contributed by atoms with Gasteiger partial charge in [0.2, 0.25) is 0 Å². The summed E-state index contributed by atoms with van der Waals surface area (Å²) < 4.78 is 28.7. The molecule has 0 fully saturated rings. The molecule has 0 aliphatic carbocycles. The molecule has 27 heavy (non-hydrogen) atoms. The molecule has 0 amide bonds. The van der Waals surface area contributed by atoms with E-state index in [2.05, 4.69) is 14.1 Å². The number of carboxylic acids is 1. The number of quaternary nitrogens is 1. The number of phosphoric ester groups is 1. The van der Waals surface area contributed by atoms with Crippen LogP contribution in [0.25, 0.3) is 0 Å². The van der Waals surface area contributed by atoms with Gasteiger partial charge in [0, 0.05) is 6.42 Å². The summed E-state index contributed by atoms with van der Waals surface area (Å²) in [7, 11) is 0.896. The van der Waals surface area contributed by atoms with Gasteiger partial charge >= 0.3 is 13.8 Å². The van der Waals surface area contributed by atoms with Crippen LogP contribution in [-0.2, 0) is 22.9 Å². The van der Waals surface area contributed by atoms with Gasteiger partial charge in [0.05, 0.1) is 33.9 Å². The van der Waals surface area contributed by atoms with Crippen molar-refractivity contribution < 1.29 is 32.5 Å². The van der Waals surface area contributed by atoms with E-state index in [1.165, 1.54) is 25.7 Å². The van der Waals surface area contributed by atoms with Gasteiger partial charge < -0.3 is 9.59 Å². The van der Waals surface area contributed by atoms with E-state index in [1.807, 2.05) is 0 Å². The van der Waals surface area contributed by atoms with E-state index in [0.717, 1.165) is 43.3 Å². The summed E-state index contributed by atoms with van der Waals surface area (Å²) in [5.41, 5.74) is 0.